The van der Waals surface area contributed by atoms with Gasteiger partial charge in [0.2, 0.25) is 5.91 Å². The third-order valence-electron chi connectivity index (χ3n) is 3.69. The van der Waals surface area contributed by atoms with Gasteiger partial charge in [-0.05, 0) is 57.0 Å². The molecule has 1 aromatic carbocycles. The molecule has 21 heavy (non-hydrogen) atoms. The average molecular weight is 289 g/mol. The average Bonchev–Trinajstić information content (AvgIpc) is 2.99. The molecule has 0 bridgehead atoms. The van der Waals surface area contributed by atoms with E-state index in [1.165, 1.54) is 0 Å². The van der Waals surface area contributed by atoms with E-state index in [4.69, 9.17) is 0 Å². The summed E-state index contributed by atoms with van der Waals surface area (Å²) in [5, 5.41) is 8.91. The quantitative estimate of drug-likeness (QED) is 0.747. The van der Waals surface area contributed by atoms with Gasteiger partial charge in [0.1, 0.15) is 0 Å². The maximum absolute atomic E-state index is 11.9. The molecule has 0 radical (unpaired) electrons. The minimum Gasteiger partial charge on any atom is -0.352 e. The first kappa shape index (κ1) is 15.5. The number of anilines is 1. The molecular weight excluding hydrogens is 266 g/mol. The standard InChI is InChI=1S/C16H23N3O2/c1-2-18-16(21)13-4-3-5-14(10-13)19-15(20)7-6-12-8-9-17-11-12/h3-5,10,12,17H,2,6-9,11H2,1H3,(H,18,21)(H,19,20). The molecule has 0 aliphatic carbocycles. The van der Waals surface area contributed by atoms with E-state index >= 15 is 0 Å². The summed E-state index contributed by atoms with van der Waals surface area (Å²) in [6.45, 7) is 4.53. The molecule has 0 aromatic heterocycles. The minimum atomic E-state index is -0.120. The fourth-order valence-corrected chi connectivity index (χ4v) is 2.52. The van der Waals surface area contributed by atoms with Crippen LogP contribution in [0, 0.1) is 5.92 Å². The van der Waals surface area contributed by atoms with Crippen molar-refractivity contribution in [2.45, 2.75) is 26.2 Å². The lowest BCUT2D eigenvalue weighted by molar-refractivity contribution is -0.116. The van der Waals surface area contributed by atoms with Gasteiger partial charge in [-0.25, -0.2) is 0 Å². The van der Waals surface area contributed by atoms with Crippen LogP contribution in [0.5, 0.6) is 0 Å². The highest BCUT2D eigenvalue weighted by molar-refractivity contribution is 5.97. The van der Waals surface area contributed by atoms with E-state index in [0.717, 1.165) is 25.9 Å². The molecule has 1 aliphatic rings. The number of amides is 2. The van der Waals surface area contributed by atoms with Crippen LogP contribution < -0.4 is 16.0 Å². The van der Waals surface area contributed by atoms with Crippen molar-refractivity contribution in [1.29, 1.82) is 0 Å². The highest BCUT2D eigenvalue weighted by atomic mass is 16.2. The Morgan fingerprint density at radius 3 is 2.95 bits per heavy atom. The number of hydrogen-bond acceptors (Lipinski definition) is 3. The summed E-state index contributed by atoms with van der Waals surface area (Å²) in [6.07, 6.45) is 2.59. The van der Waals surface area contributed by atoms with Crippen molar-refractivity contribution in [3.63, 3.8) is 0 Å². The third kappa shape index (κ3) is 4.86. The number of benzene rings is 1. The number of carbonyl (C=O) groups excluding carboxylic acids is 2. The Hall–Kier alpha value is -1.88. The van der Waals surface area contributed by atoms with Gasteiger partial charge in [0.15, 0.2) is 0 Å². The molecule has 1 atom stereocenters. The molecule has 1 fully saturated rings. The van der Waals surface area contributed by atoms with Crippen LogP contribution in [0.15, 0.2) is 24.3 Å². The molecule has 1 aromatic rings. The van der Waals surface area contributed by atoms with E-state index in [1.807, 2.05) is 6.92 Å². The van der Waals surface area contributed by atoms with Gasteiger partial charge in [-0.3, -0.25) is 9.59 Å². The number of nitrogens with one attached hydrogen (secondary N) is 3. The van der Waals surface area contributed by atoms with Crippen molar-refractivity contribution in [3.8, 4) is 0 Å². The zero-order valence-corrected chi connectivity index (χ0v) is 12.4. The summed E-state index contributed by atoms with van der Waals surface area (Å²) in [7, 11) is 0. The molecule has 1 aliphatic heterocycles. The lowest BCUT2D eigenvalue weighted by Gasteiger charge is -2.09. The Bertz CT molecular complexity index is 496. The van der Waals surface area contributed by atoms with Gasteiger partial charge in [0, 0.05) is 24.2 Å². The monoisotopic (exact) mass is 289 g/mol. The van der Waals surface area contributed by atoms with Gasteiger partial charge in [0.05, 0.1) is 0 Å². The zero-order chi connectivity index (χ0) is 15.1. The van der Waals surface area contributed by atoms with E-state index in [-0.39, 0.29) is 11.8 Å². The van der Waals surface area contributed by atoms with E-state index in [0.29, 0.717) is 30.1 Å². The van der Waals surface area contributed by atoms with Gasteiger partial charge in [-0.2, -0.15) is 0 Å². The molecule has 0 saturated carbocycles. The van der Waals surface area contributed by atoms with Crippen LogP contribution in [-0.4, -0.2) is 31.4 Å². The molecule has 2 amide bonds. The molecule has 1 saturated heterocycles. The summed E-state index contributed by atoms with van der Waals surface area (Å²) in [5.41, 5.74) is 1.24. The SMILES string of the molecule is CCNC(=O)c1cccc(NC(=O)CCC2CCNC2)c1. The lowest BCUT2D eigenvalue weighted by Crippen LogP contribution is -2.22. The highest BCUT2D eigenvalue weighted by Crippen LogP contribution is 2.16. The number of rotatable bonds is 6. The third-order valence-corrected chi connectivity index (χ3v) is 3.69. The topological polar surface area (TPSA) is 70.2 Å². The molecular formula is C16H23N3O2. The molecule has 1 unspecified atom stereocenters. The summed E-state index contributed by atoms with van der Waals surface area (Å²) < 4.78 is 0. The van der Waals surface area contributed by atoms with Crippen molar-refractivity contribution in [2.75, 3.05) is 25.0 Å². The predicted molar refractivity (Wildman–Crippen MR) is 83.3 cm³/mol. The molecule has 0 spiro atoms. The normalized spacial score (nSPS) is 17.5. The van der Waals surface area contributed by atoms with Crippen LogP contribution in [0.1, 0.15) is 36.5 Å². The summed E-state index contributed by atoms with van der Waals surface area (Å²) in [5.74, 6) is 0.498. The second kappa shape index (κ2) is 7.78. The summed E-state index contributed by atoms with van der Waals surface area (Å²) in [4.78, 5) is 23.7. The second-order valence-electron chi connectivity index (χ2n) is 5.39. The summed E-state index contributed by atoms with van der Waals surface area (Å²) in [6, 6.07) is 7.03. The molecule has 1 heterocycles. The van der Waals surface area contributed by atoms with Gasteiger partial charge in [-0.15, -0.1) is 0 Å². The Kier molecular flexibility index (Phi) is 5.75. The summed E-state index contributed by atoms with van der Waals surface area (Å²) >= 11 is 0. The van der Waals surface area contributed by atoms with Crippen molar-refractivity contribution >= 4 is 17.5 Å². The van der Waals surface area contributed by atoms with Gasteiger partial charge in [-0.1, -0.05) is 6.07 Å². The molecule has 114 valence electrons. The van der Waals surface area contributed by atoms with Gasteiger partial charge >= 0.3 is 0 Å². The van der Waals surface area contributed by atoms with Crippen LogP contribution in [0.4, 0.5) is 5.69 Å². The molecule has 5 nitrogen and oxygen atoms in total. The molecule has 5 heteroatoms. The first-order chi connectivity index (χ1) is 10.2. The van der Waals surface area contributed by atoms with Crippen molar-refractivity contribution in [1.82, 2.24) is 10.6 Å². The van der Waals surface area contributed by atoms with E-state index in [2.05, 4.69) is 16.0 Å². The Morgan fingerprint density at radius 2 is 2.24 bits per heavy atom. The zero-order valence-electron chi connectivity index (χ0n) is 12.4. The van der Waals surface area contributed by atoms with Crippen LogP contribution in [0.25, 0.3) is 0 Å². The maximum Gasteiger partial charge on any atom is 0.251 e. The number of hydrogen-bond donors (Lipinski definition) is 3. The van der Waals surface area contributed by atoms with E-state index in [1.54, 1.807) is 24.3 Å². The van der Waals surface area contributed by atoms with Gasteiger partial charge < -0.3 is 16.0 Å². The first-order valence-corrected chi connectivity index (χ1v) is 7.58. The highest BCUT2D eigenvalue weighted by Gasteiger charge is 2.15. The first-order valence-electron chi connectivity index (χ1n) is 7.58. The Balaban J connectivity index is 1.85. The largest absolute Gasteiger partial charge is 0.352 e. The Morgan fingerprint density at radius 1 is 1.38 bits per heavy atom. The predicted octanol–water partition coefficient (Wildman–Crippen LogP) is 1.76. The van der Waals surface area contributed by atoms with Crippen LogP contribution in [-0.2, 0) is 4.79 Å². The molecule has 2 rings (SSSR count). The van der Waals surface area contributed by atoms with Crippen molar-refractivity contribution < 1.29 is 9.59 Å². The van der Waals surface area contributed by atoms with Crippen molar-refractivity contribution in [2.24, 2.45) is 5.92 Å². The van der Waals surface area contributed by atoms with Crippen LogP contribution >= 0.6 is 0 Å². The van der Waals surface area contributed by atoms with Crippen molar-refractivity contribution in [3.05, 3.63) is 29.8 Å². The minimum absolute atomic E-state index is 0.00921. The molecule has 3 N–H and O–H groups in total. The van der Waals surface area contributed by atoms with E-state index < -0.39 is 0 Å². The lowest BCUT2D eigenvalue weighted by atomic mass is 10.0. The fraction of sp³-hybridized carbons (Fsp3) is 0.500. The number of carbonyl (C=O) groups is 2. The van der Waals surface area contributed by atoms with E-state index in [9.17, 15) is 9.59 Å². The van der Waals surface area contributed by atoms with Crippen LogP contribution in [0.3, 0.4) is 0 Å². The second-order valence-corrected chi connectivity index (χ2v) is 5.39. The Labute approximate surface area is 125 Å². The smallest absolute Gasteiger partial charge is 0.251 e. The fourth-order valence-electron chi connectivity index (χ4n) is 2.52. The maximum atomic E-state index is 11.9. The van der Waals surface area contributed by atoms with Crippen LogP contribution in [0.2, 0.25) is 0 Å². The van der Waals surface area contributed by atoms with Gasteiger partial charge in [0.25, 0.3) is 5.91 Å².